The number of hydrogen-bond donors (Lipinski definition) is 1. The van der Waals surface area contributed by atoms with Gasteiger partial charge in [-0.1, -0.05) is 19.1 Å². The molecular weight excluding hydrogens is 336 g/mol. The second-order valence-corrected chi connectivity index (χ2v) is 6.64. The standard InChI is InChI=1S/C19H26N2O5/c1-4-13(2)21(12-18(23)24)19(25)15-9-17(22)20(11-15)10-14-5-7-16(26-3)8-6-14/h5-8,13,15H,4,9-12H2,1-3H3,(H,23,24). The van der Waals surface area contributed by atoms with Crippen LogP contribution in [0.1, 0.15) is 32.3 Å². The predicted octanol–water partition coefficient (Wildman–Crippen LogP) is 1.76. The van der Waals surface area contributed by atoms with Gasteiger partial charge < -0.3 is 19.6 Å². The van der Waals surface area contributed by atoms with E-state index in [1.54, 1.807) is 12.0 Å². The molecule has 0 spiro atoms. The quantitative estimate of drug-likeness (QED) is 0.761. The molecule has 1 aromatic carbocycles. The lowest BCUT2D eigenvalue weighted by atomic mass is 10.1. The summed E-state index contributed by atoms with van der Waals surface area (Å²) in [4.78, 5) is 39.2. The van der Waals surface area contributed by atoms with Crippen molar-refractivity contribution in [2.45, 2.75) is 39.3 Å². The first-order valence-corrected chi connectivity index (χ1v) is 8.78. The average Bonchev–Trinajstić information content (AvgIpc) is 2.99. The van der Waals surface area contributed by atoms with E-state index in [2.05, 4.69) is 0 Å². The molecule has 1 aliphatic heterocycles. The molecule has 2 atom stereocenters. The summed E-state index contributed by atoms with van der Waals surface area (Å²) in [5.41, 5.74) is 0.955. The van der Waals surface area contributed by atoms with Gasteiger partial charge in [0.1, 0.15) is 12.3 Å². The van der Waals surface area contributed by atoms with Crippen molar-refractivity contribution in [3.8, 4) is 5.75 Å². The Kier molecular flexibility index (Phi) is 6.60. The Morgan fingerprint density at radius 3 is 2.54 bits per heavy atom. The molecule has 2 unspecified atom stereocenters. The first-order valence-electron chi connectivity index (χ1n) is 8.78. The number of amides is 2. The first-order chi connectivity index (χ1) is 12.3. The molecule has 26 heavy (non-hydrogen) atoms. The molecular formula is C19H26N2O5. The third-order valence-electron chi connectivity index (χ3n) is 4.81. The predicted molar refractivity (Wildman–Crippen MR) is 95.6 cm³/mol. The topological polar surface area (TPSA) is 87.2 Å². The lowest BCUT2D eigenvalue weighted by Crippen LogP contribution is -2.45. The van der Waals surface area contributed by atoms with Gasteiger partial charge in [0.2, 0.25) is 11.8 Å². The zero-order valence-electron chi connectivity index (χ0n) is 15.5. The number of carbonyl (C=O) groups is 3. The lowest BCUT2D eigenvalue weighted by Gasteiger charge is -2.29. The fraction of sp³-hybridized carbons (Fsp3) is 0.526. The molecule has 1 aromatic rings. The van der Waals surface area contributed by atoms with Crippen molar-refractivity contribution in [1.29, 1.82) is 0 Å². The molecule has 1 fully saturated rings. The number of carboxylic acid groups (broad SMARTS) is 1. The molecule has 1 aliphatic rings. The molecule has 0 aromatic heterocycles. The smallest absolute Gasteiger partial charge is 0.323 e. The molecule has 0 radical (unpaired) electrons. The van der Waals surface area contributed by atoms with Crippen molar-refractivity contribution in [2.75, 3.05) is 20.2 Å². The Hall–Kier alpha value is -2.57. The largest absolute Gasteiger partial charge is 0.497 e. The Labute approximate surface area is 153 Å². The number of nitrogens with zero attached hydrogens (tertiary/aromatic N) is 2. The minimum Gasteiger partial charge on any atom is -0.497 e. The zero-order valence-corrected chi connectivity index (χ0v) is 15.5. The summed E-state index contributed by atoms with van der Waals surface area (Å²) in [6.45, 7) is 4.14. The van der Waals surface area contributed by atoms with E-state index in [-0.39, 0.29) is 30.8 Å². The Bertz CT molecular complexity index is 658. The van der Waals surface area contributed by atoms with Gasteiger partial charge in [-0.2, -0.15) is 0 Å². The highest BCUT2D eigenvalue weighted by molar-refractivity contribution is 5.90. The number of hydrogen-bond acceptors (Lipinski definition) is 4. The number of carboxylic acids is 1. The molecule has 7 nitrogen and oxygen atoms in total. The number of aliphatic carboxylic acids is 1. The summed E-state index contributed by atoms with van der Waals surface area (Å²) >= 11 is 0. The fourth-order valence-corrected chi connectivity index (χ4v) is 3.09. The van der Waals surface area contributed by atoms with Crippen LogP contribution >= 0.6 is 0 Å². The maximum absolute atomic E-state index is 12.8. The van der Waals surface area contributed by atoms with E-state index in [1.807, 2.05) is 38.1 Å². The van der Waals surface area contributed by atoms with Crippen molar-refractivity contribution >= 4 is 17.8 Å². The van der Waals surface area contributed by atoms with E-state index < -0.39 is 11.9 Å². The van der Waals surface area contributed by atoms with Gasteiger partial charge in [-0.25, -0.2) is 0 Å². The second-order valence-electron chi connectivity index (χ2n) is 6.64. The van der Waals surface area contributed by atoms with Crippen molar-refractivity contribution in [3.05, 3.63) is 29.8 Å². The van der Waals surface area contributed by atoms with Gasteiger partial charge in [0, 0.05) is 25.6 Å². The van der Waals surface area contributed by atoms with Crippen LogP contribution in [0.25, 0.3) is 0 Å². The van der Waals surface area contributed by atoms with Gasteiger partial charge in [-0.15, -0.1) is 0 Å². The van der Waals surface area contributed by atoms with E-state index in [0.717, 1.165) is 11.3 Å². The molecule has 142 valence electrons. The summed E-state index contributed by atoms with van der Waals surface area (Å²) in [6, 6.07) is 7.25. The van der Waals surface area contributed by atoms with Crippen molar-refractivity contribution in [2.24, 2.45) is 5.92 Å². The maximum Gasteiger partial charge on any atom is 0.323 e. The Morgan fingerprint density at radius 1 is 1.35 bits per heavy atom. The van der Waals surface area contributed by atoms with Crippen LogP contribution in [0.15, 0.2) is 24.3 Å². The van der Waals surface area contributed by atoms with E-state index >= 15 is 0 Å². The molecule has 1 heterocycles. The summed E-state index contributed by atoms with van der Waals surface area (Å²) in [5.74, 6) is -1.13. The molecule has 0 aliphatic carbocycles. The van der Waals surface area contributed by atoms with Gasteiger partial charge in [-0.3, -0.25) is 14.4 Å². The van der Waals surface area contributed by atoms with Crippen LogP contribution < -0.4 is 4.74 Å². The van der Waals surface area contributed by atoms with Gasteiger partial charge in [0.05, 0.1) is 13.0 Å². The van der Waals surface area contributed by atoms with Crippen LogP contribution in [0.5, 0.6) is 5.75 Å². The van der Waals surface area contributed by atoms with Crippen molar-refractivity contribution in [1.82, 2.24) is 9.80 Å². The molecule has 0 saturated carbocycles. The minimum absolute atomic E-state index is 0.0846. The van der Waals surface area contributed by atoms with E-state index in [4.69, 9.17) is 9.84 Å². The average molecular weight is 362 g/mol. The number of methoxy groups -OCH3 is 1. The Morgan fingerprint density at radius 2 is 2.00 bits per heavy atom. The zero-order chi connectivity index (χ0) is 19.3. The third kappa shape index (κ3) is 4.74. The summed E-state index contributed by atoms with van der Waals surface area (Å²) < 4.78 is 5.12. The van der Waals surface area contributed by atoms with Crippen LogP contribution in [-0.2, 0) is 20.9 Å². The second kappa shape index (κ2) is 8.69. The van der Waals surface area contributed by atoms with E-state index in [1.165, 1.54) is 4.90 Å². The summed E-state index contributed by atoms with van der Waals surface area (Å²) in [6.07, 6.45) is 0.788. The van der Waals surface area contributed by atoms with Gasteiger partial charge in [-0.05, 0) is 31.0 Å². The van der Waals surface area contributed by atoms with Crippen molar-refractivity contribution in [3.63, 3.8) is 0 Å². The minimum atomic E-state index is -1.04. The molecule has 7 heteroatoms. The highest BCUT2D eigenvalue weighted by Crippen LogP contribution is 2.24. The summed E-state index contributed by atoms with van der Waals surface area (Å²) in [5, 5.41) is 9.08. The van der Waals surface area contributed by atoms with Crippen LogP contribution in [0, 0.1) is 5.92 Å². The lowest BCUT2D eigenvalue weighted by molar-refractivity contribution is -0.148. The number of benzene rings is 1. The SMILES string of the molecule is CCC(C)N(CC(=O)O)C(=O)C1CC(=O)N(Cc2ccc(OC)cc2)C1. The van der Waals surface area contributed by atoms with Gasteiger partial charge >= 0.3 is 5.97 Å². The van der Waals surface area contributed by atoms with Crippen LogP contribution in [0.3, 0.4) is 0 Å². The third-order valence-corrected chi connectivity index (χ3v) is 4.81. The molecule has 1 saturated heterocycles. The van der Waals surface area contributed by atoms with Crippen LogP contribution in [-0.4, -0.2) is 58.9 Å². The molecule has 1 N–H and O–H groups in total. The van der Waals surface area contributed by atoms with Crippen molar-refractivity contribution < 1.29 is 24.2 Å². The number of ether oxygens (including phenoxy) is 1. The van der Waals surface area contributed by atoms with E-state index in [9.17, 15) is 14.4 Å². The number of likely N-dealkylation sites (tertiary alicyclic amines) is 1. The molecule has 2 amide bonds. The fourth-order valence-electron chi connectivity index (χ4n) is 3.09. The molecule has 0 bridgehead atoms. The van der Waals surface area contributed by atoms with Crippen LogP contribution in [0.2, 0.25) is 0 Å². The molecule has 2 rings (SSSR count). The monoisotopic (exact) mass is 362 g/mol. The Balaban J connectivity index is 2.04. The van der Waals surface area contributed by atoms with Gasteiger partial charge in [0.25, 0.3) is 0 Å². The highest BCUT2D eigenvalue weighted by atomic mass is 16.5. The normalized spacial score (nSPS) is 17.9. The summed E-state index contributed by atoms with van der Waals surface area (Å²) in [7, 11) is 1.59. The van der Waals surface area contributed by atoms with Crippen LogP contribution in [0.4, 0.5) is 0 Å². The van der Waals surface area contributed by atoms with Gasteiger partial charge in [0.15, 0.2) is 0 Å². The highest BCUT2D eigenvalue weighted by Gasteiger charge is 2.37. The number of rotatable bonds is 8. The number of carbonyl (C=O) groups excluding carboxylic acids is 2. The first kappa shape index (κ1) is 19.8. The van der Waals surface area contributed by atoms with E-state index in [0.29, 0.717) is 19.5 Å². The maximum atomic E-state index is 12.8.